The number of aromatic nitrogens is 1. The first-order valence-corrected chi connectivity index (χ1v) is 5.72. The molecule has 16 heavy (non-hydrogen) atoms. The van der Waals surface area contributed by atoms with E-state index in [9.17, 15) is 4.39 Å². The monoisotopic (exact) mass is 222 g/mol. The number of rotatable bonds is 1. The van der Waals surface area contributed by atoms with Gasteiger partial charge in [0.05, 0.1) is 12.8 Å². The SMILES string of the molecule is Fc1ccc(N2CCC3(CCOC3)C2)nc1. The van der Waals surface area contributed by atoms with E-state index < -0.39 is 0 Å². The molecule has 2 saturated heterocycles. The van der Waals surface area contributed by atoms with Gasteiger partial charge in [-0.1, -0.05) is 0 Å². The molecule has 1 aromatic heterocycles. The van der Waals surface area contributed by atoms with E-state index in [0.29, 0.717) is 5.41 Å². The molecular weight excluding hydrogens is 207 g/mol. The van der Waals surface area contributed by atoms with Crippen LogP contribution in [0, 0.1) is 11.2 Å². The van der Waals surface area contributed by atoms with Crippen molar-refractivity contribution < 1.29 is 9.13 Å². The predicted molar refractivity (Wildman–Crippen MR) is 58.9 cm³/mol. The van der Waals surface area contributed by atoms with Crippen LogP contribution in [0.3, 0.4) is 0 Å². The number of halogens is 1. The van der Waals surface area contributed by atoms with Crippen LogP contribution in [0.1, 0.15) is 12.8 Å². The molecule has 2 aliphatic rings. The maximum absolute atomic E-state index is 12.8. The van der Waals surface area contributed by atoms with Crippen molar-refractivity contribution in [3.63, 3.8) is 0 Å². The molecule has 3 heterocycles. The van der Waals surface area contributed by atoms with Crippen molar-refractivity contribution in [1.29, 1.82) is 0 Å². The Labute approximate surface area is 94.2 Å². The zero-order valence-corrected chi connectivity index (χ0v) is 9.16. The van der Waals surface area contributed by atoms with Gasteiger partial charge in [0.25, 0.3) is 0 Å². The third kappa shape index (κ3) is 1.67. The minimum atomic E-state index is -0.276. The summed E-state index contributed by atoms with van der Waals surface area (Å²) in [5.74, 6) is 0.604. The number of pyridine rings is 1. The molecule has 0 aliphatic carbocycles. The van der Waals surface area contributed by atoms with E-state index in [2.05, 4.69) is 9.88 Å². The lowest BCUT2D eigenvalue weighted by Crippen LogP contribution is -2.27. The minimum absolute atomic E-state index is 0.276. The highest BCUT2D eigenvalue weighted by molar-refractivity contribution is 5.40. The van der Waals surface area contributed by atoms with Crippen LogP contribution in [-0.2, 0) is 4.74 Å². The van der Waals surface area contributed by atoms with Gasteiger partial charge < -0.3 is 9.64 Å². The van der Waals surface area contributed by atoms with Crippen LogP contribution < -0.4 is 4.90 Å². The number of hydrogen-bond acceptors (Lipinski definition) is 3. The van der Waals surface area contributed by atoms with Gasteiger partial charge in [-0.2, -0.15) is 0 Å². The molecule has 1 spiro atoms. The Hall–Kier alpha value is -1.16. The molecule has 3 nitrogen and oxygen atoms in total. The molecular formula is C12H15FN2O. The molecule has 0 bridgehead atoms. The van der Waals surface area contributed by atoms with Crippen LogP contribution in [-0.4, -0.2) is 31.3 Å². The van der Waals surface area contributed by atoms with Crippen molar-refractivity contribution in [2.24, 2.45) is 5.41 Å². The van der Waals surface area contributed by atoms with E-state index in [0.717, 1.165) is 45.0 Å². The second-order valence-corrected chi connectivity index (χ2v) is 4.81. The summed E-state index contributed by atoms with van der Waals surface area (Å²) in [5.41, 5.74) is 0.329. The maximum atomic E-state index is 12.8. The lowest BCUT2D eigenvalue weighted by atomic mass is 9.87. The average Bonchev–Trinajstić information content (AvgIpc) is 2.91. The van der Waals surface area contributed by atoms with Crippen LogP contribution in [0.25, 0.3) is 0 Å². The Kier molecular flexibility index (Phi) is 2.32. The van der Waals surface area contributed by atoms with Gasteiger partial charge >= 0.3 is 0 Å². The van der Waals surface area contributed by atoms with Gasteiger partial charge in [0.15, 0.2) is 0 Å². The zero-order valence-electron chi connectivity index (χ0n) is 9.16. The Bertz CT molecular complexity index is 373. The second kappa shape index (κ2) is 3.70. The number of ether oxygens (including phenoxy) is 1. The Morgan fingerprint density at radius 2 is 2.31 bits per heavy atom. The molecule has 2 aliphatic heterocycles. The normalized spacial score (nSPS) is 29.2. The van der Waals surface area contributed by atoms with Gasteiger partial charge in [-0.3, -0.25) is 0 Å². The van der Waals surface area contributed by atoms with Crippen LogP contribution >= 0.6 is 0 Å². The van der Waals surface area contributed by atoms with Crippen LogP contribution in [0.15, 0.2) is 18.3 Å². The molecule has 1 atom stereocenters. The Morgan fingerprint density at radius 1 is 1.38 bits per heavy atom. The van der Waals surface area contributed by atoms with Crippen molar-refractivity contribution in [3.8, 4) is 0 Å². The number of nitrogens with zero attached hydrogens (tertiary/aromatic N) is 2. The molecule has 3 rings (SSSR count). The van der Waals surface area contributed by atoms with E-state index in [1.807, 2.05) is 0 Å². The Balaban J connectivity index is 1.75. The van der Waals surface area contributed by atoms with Gasteiger partial charge in [-0.05, 0) is 25.0 Å². The van der Waals surface area contributed by atoms with Crippen molar-refractivity contribution >= 4 is 5.82 Å². The quantitative estimate of drug-likeness (QED) is 0.725. The lowest BCUT2D eigenvalue weighted by Gasteiger charge is -2.22. The highest BCUT2D eigenvalue weighted by Crippen LogP contribution is 2.39. The van der Waals surface area contributed by atoms with Crippen LogP contribution in [0.5, 0.6) is 0 Å². The molecule has 0 saturated carbocycles. The van der Waals surface area contributed by atoms with Crippen LogP contribution in [0.2, 0.25) is 0 Å². The molecule has 0 amide bonds. The fraction of sp³-hybridized carbons (Fsp3) is 0.583. The average molecular weight is 222 g/mol. The largest absolute Gasteiger partial charge is 0.381 e. The topological polar surface area (TPSA) is 25.4 Å². The van der Waals surface area contributed by atoms with Crippen molar-refractivity contribution in [2.45, 2.75) is 12.8 Å². The van der Waals surface area contributed by atoms with E-state index in [1.165, 1.54) is 12.3 Å². The molecule has 1 aromatic rings. The molecule has 1 unspecified atom stereocenters. The molecule has 0 radical (unpaired) electrons. The first-order valence-electron chi connectivity index (χ1n) is 5.72. The maximum Gasteiger partial charge on any atom is 0.141 e. The third-order valence-electron chi connectivity index (χ3n) is 3.66. The summed E-state index contributed by atoms with van der Waals surface area (Å²) in [4.78, 5) is 6.36. The van der Waals surface area contributed by atoms with Crippen molar-refractivity contribution in [2.75, 3.05) is 31.2 Å². The van der Waals surface area contributed by atoms with Gasteiger partial charge in [0, 0.05) is 25.1 Å². The molecule has 4 heteroatoms. The summed E-state index contributed by atoms with van der Waals surface area (Å²) in [7, 11) is 0. The fourth-order valence-corrected chi connectivity index (χ4v) is 2.66. The summed E-state index contributed by atoms with van der Waals surface area (Å²) in [6.45, 7) is 3.74. The van der Waals surface area contributed by atoms with Gasteiger partial charge in [-0.25, -0.2) is 9.37 Å². The number of hydrogen-bond donors (Lipinski definition) is 0. The van der Waals surface area contributed by atoms with E-state index in [4.69, 9.17) is 4.74 Å². The van der Waals surface area contributed by atoms with E-state index in [1.54, 1.807) is 6.07 Å². The summed E-state index contributed by atoms with van der Waals surface area (Å²) in [5, 5.41) is 0. The van der Waals surface area contributed by atoms with Gasteiger partial charge in [0.1, 0.15) is 11.6 Å². The number of anilines is 1. The fourth-order valence-electron chi connectivity index (χ4n) is 2.66. The molecule has 86 valence electrons. The van der Waals surface area contributed by atoms with Crippen molar-refractivity contribution in [3.05, 3.63) is 24.1 Å². The van der Waals surface area contributed by atoms with Gasteiger partial charge in [0.2, 0.25) is 0 Å². The highest BCUT2D eigenvalue weighted by atomic mass is 19.1. The lowest BCUT2D eigenvalue weighted by molar-refractivity contribution is 0.160. The summed E-state index contributed by atoms with van der Waals surface area (Å²) in [6.07, 6.45) is 3.59. The van der Waals surface area contributed by atoms with Gasteiger partial charge in [-0.15, -0.1) is 0 Å². The van der Waals surface area contributed by atoms with Crippen molar-refractivity contribution in [1.82, 2.24) is 4.98 Å². The third-order valence-corrected chi connectivity index (χ3v) is 3.66. The van der Waals surface area contributed by atoms with E-state index in [-0.39, 0.29) is 5.82 Å². The smallest absolute Gasteiger partial charge is 0.141 e. The standard InChI is InChI=1S/C12H15FN2O/c13-10-1-2-11(14-7-10)15-5-3-12(8-15)4-6-16-9-12/h1-2,7H,3-6,8-9H2. The van der Waals surface area contributed by atoms with Crippen LogP contribution in [0.4, 0.5) is 10.2 Å². The Morgan fingerprint density at radius 3 is 3.00 bits per heavy atom. The highest BCUT2D eigenvalue weighted by Gasteiger charge is 2.41. The molecule has 2 fully saturated rings. The molecule has 0 N–H and O–H groups in total. The first kappa shape index (κ1) is 10.0. The minimum Gasteiger partial charge on any atom is -0.381 e. The summed E-state index contributed by atoms with van der Waals surface area (Å²) >= 11 is 0. The zero-order chi connectivity index (χ0) is 11.0. The summed E-state index contributed by atoms with van der Waals surface area (Å²) in [6, 6.07) is 3.22. The van der Waals surface area contributed by atoms with E-state index >= 15 is 0 Å². The first-order chi connectivity index (χ1) is 7.77. The molecule has 0 aromatic carbocycles. The second-order valence-electron chi connectivity index (χ2n) is 4.81. The summed E-state index contributed by atoms with van der Waals surface area (Å²) < 4.78 is 18.2. The predicted octanol–water partition coefficient (Wildman–Crippen LogP) is 1.84.